The molecule has 0 fully saturated rings. The smallest absolute Gasteiger partial charge is 0.253 e. The summed E-state index contributed by atoms with van der Waals surface area (Å²) in [7, 11) is 0. The number of carbonyl (C=O) groups is 1. The molecule has 3 heteroatoms. The van der Waals surface area contributed by atoms with Gasteiger partial charge in [-0.25, -0.2) is 0 Å². The molecule has 1 rings (SSSR count). The van der Waals surface area contributed by atoms with Crippen LogP contribution in [-0.4, -0.2) is 16.2 Å². The van der Waals surface area contributed by atoms with E-state index in [1.54, 1.807) is 18.2 Å². The minimum Gasteiger partial charge on any atom is -0.281 e. The molecule has 0 saturated heterocycles. The van der Waals surface area contributed by atoms with E-state index in [9.17, 15) is 4.79 Å². The highest BCUT2D eigenvalue weighted by Gasteiger charge is 2.05. The van der Waals surface area contributed by atoms with E-state index in [0.717, 1.165) is 0 Å². The van der Waals surface area contributed by atoms with Crippen LogP contribution in [0.25, 0.3) is 0 Å². The first-order valence-electron chi connectivity index (χ1n) is 2.65. The predicted molar refractivity (Wildman–Crippen MR) is 31.5 cm³/mol. The highest BCUT2D eigenvalue weighted by atomic mass is 16.5. The molecule has 3 nitrogen and oxygen atoms in total. The van der Waals surface area contributed by atoms with Gasteiger partial charge in [-0.1, -0.05) is 12.2 Å². The maximum Gasteiger partial charge on any atom is 0.253 e. The number of amides is 1. The molecule has 1 aliphatic rings. The van der Waals surface area contributed by atoms with Crippen molar-refractivity contribution in [3.05, 3.63) is 24.4 Å². The summed E-state index contributed by atoms with van der Waals surface area (Å²) in [6.45, 7) is 0. The number of hydrogen-bond donors (Lipinski definition) is 1. The molecule has 0 bridgehead atoms. The average molecular weight is 125 g/mol. The Kier molecular flexibility index (Phi) is 1.65. The zero-order chi connectivity index (χ0) is 6.69. The van der Waals surface area contributed by atoms with Crippen molar-refractivity contribution in [2.75, 3.05) is 0 Å². The molecule has 0 aromatic carbocycles. The fraction of sp³-hybridized carbons (Fsp3) is 0.167. The van der Waals surface area contributed by atoms with Crippen molar-refractivity contribution < 1.29 is 10.0 Å². The van der Waals surface area contributed by atoms with Crippen LogP contribution >= 0.6 is 0 Å². The fourth-order valence-electron chi connectivity index (χ4n) is 0.555. The Morgan fingerprint density at radius 1 is 1.56 bits per heavy atom. The number of hydrogen-bond acceptors (Lipinski definition) is 2. The van der Waals surface area contributed by atoms with Gasteiger partial charge in [-0.2, -0.15) is 5.06 Å². The van der Waals surface area contributed by atoms with Gasteiger partial charge in [-0.15, -0.1) is 0 Å². The number of nitrogens with zero attached hydrogens (tertiary/aromatic N) is 1. The summed E-state index contributed by atoms with van der Waals surface area (Å²) in [6, 6.07) is 0. The summed E-state index contributed by atoms with van der Waals surface area (Å²) in [5, 5.41) is 9.30. The third-order valence-electron chi connectivity index (χ3n) is 1.02. The van der Waals surface area contributed by atoms with Gasteiger partial charge in [0.15, 0.2) is 0 Å². The highest BCUT2D eigenvalue weighted by molar-refractivity contribution is 5.77. The normalized spacial score (nSPS) is 18.3. The first kappa shape index (κ1) is 6.04. The van der Waals surface area contributed by atoms with Crippen LogP contribution in [-0.2, 0) is 4.79 Å². The lowest BCUT2D eigenvalue weighted by molar-refractivity contribution is -0.152. The van der Waals surface area contributed by atoms with Gasteiger partial charge in [0, 0.05) is 12.6 Å². The first-order valence-corrected chi connectivity index (χ1v) is 2.65. The zero-order valence-electron chi connectivity index (χ0n) is 4.82. The average Bonchev–Trinajstić information content (AvgIpc) is 1.99. The Labute approximate surface area is 52.8 Å². The Morgan fingerprint density at radius 3 is 3.11 bits per heavy atom. The van der Waals surface area contributed by atoms with Crippen molar-refractivity contribution in [3.63, 3.8) is 0 Å². The van der Waals surface area contributed by atoms with Crippen molar-refractivity contribution >= 4 is 5.91 Å². The van der Waals surface area contributed by atoms with Gasteiger partial charge in [-0.3, -0.25) is 10.0 Å². The van der Waals surface area contributed by atoms with Crippen molar-refractivity contribution in [1.82, 2.24) is 5.06 Å². The second-order valence-corrected chi connectivity index (χ2v) is 1.71. The predicted octanol–water partition coefficient (Wildman–Crippen LogP) is 0.678. The van der Waals surface area contributed by atoms with Crippen LogP contribution in [0.2, 0.25) is 0 Å². The minimum atomic E-state index is -0.306. The number of allylic oxidation sites excluding steroid dienone is 2. The zero-order valence-corrected chi connectivity index (χ0v) is 4.82. The third-order valence-corrected chi connectivity index (χ3v) is 1.02. The van der Waals surface area contributed by atoms with E-state index in [-0.39, 0.29) is 12.3 Å². The SMILES string of the molecule is O=C1CC=CC=CN1O. The fourth-order valence-corrected chi connectivity index (χ4v) is 0.555. The number of carbonyl (C=O) groups excluding carboxylic acids is 1. The Bertz CT molecular complexity index is 172. The largest absolute Gasteiger partial charge is 0.281 e. The second-order valence-electron chi connectivity index (χ2n) is 1.71. The Balaban J connectivity index is 2.69. The van der Waals surface area contributed by atoms with Crippen molar-refractivity contribution in [1.29, 1.82) is 0 Å². The molecule has 0 radical (unpaired) electrons. The topological polar surface area (TPSA) is 40.5 Å². The summed E-state index contributed by atoms with van der Waals surface area (Å²) in [6.07, 6.45) is 6.59. The molecule has 1 N–H and O–H groups in total. The number of rotatable bonds is 0. The molecule has 0 aliphatic carbocycles. The molecule has 0 aromatic heterocycles. The van der Waals surface area contributed by atoms with E-state index >= 15 is 0 Å². The third kappa shape index (κ3) is 1.40. The van der Waals surface area contributed by atoms with Gasteiger partial charge in [0.05, 0.1) is 0 Å². The van der Waals surface area contributed by atoms with E-state index in [1.165, 1.54) is 6.20 Å². The van der Waals surface area contributed by atoms with Crippen LogP contribution in [0.3, 0.4) is 0 Å². The molecule has 0 spiro atoms. The quantitative estimate of drug-likeness (QED) is 0.483. The molecule has 0 unspecified atom stereocenters. The molecule has 1 heterocycles. The molecule has 48 valence electrons. The summed E-state index contributed by atoms with van der Waals surface area (Å²) < 4.78 is 0. The van der Waals surface area contributed by atoms with Crippen LogP contribution in [0.15, 0.2) is 24.4 Å². The summed E-state index contributed by atoms with van der Waals surface area (Å²) in [5.74, 6) is -0.306. The molecule has 0 aromatic rings. The summed E-state index contributed by atoms with van der Waals surface area (Å²) in [5.41, 5.74) is 0. The van der Waals surface area contributed by atoms with Gasteiger partial charge >= 0.3 is 0 Å². The maximum absolute atomic E-state index is 10.6. The van der Waals surface area contributed by atoms with Crippen molar-refractivity contribution in [2.45, 2.75) is 6.42 Å². The van der Waals surface area contributed by atoms with Crippen molar-refractivity contribution in [3.8, 4) is 0 Å². The van der Waals surface area contributed by atoms with E-state index in [0.29, 0.717) is 5.06 Å². The molecule has 1 aliphatic heterocycles. The van der Waals surface area contributed by atoms with Crippen molar-refractivity contribution in [2.24, 2.45) is 0 Å². The maximum atomic E-state index is 10.6. The minimum absolute atomic E-state index is 0.267. The summed E-state index contributed by atoms with van der Waals surface area (Å²) >= 11 is 0. The molecule has 9 heavy (non-hydrogen) atoms. The monoisotopic (exact) mass is 125 g/mol. The molecular formula is C6H7NO2. The van der Waals surface area contributed by atoms with E-state index in [4.69, 9.17) is 5.21 Å². The molecular weight excluding hydrogens is 118 g/mol. The van der Waals surface area contributed by atoms with E-state index in [1.807, 2.05) is 0 Å². The van der Waals surface area contributed by atoms with Crippen LogP contribution in [0, 0.1) is 0 Å². The Hall–Kier alpha value is -1.09. The molecule has 0 atom stereocenters. The van der Waals surface area contributed by atoms with E-state index < -0.39 is 0 Å². The Morgan fingerprint density at radius 2 is 2.33 bits per heavy atom. The van der Waals surface area contributed by atoms with Gasteiger partial charge in [-0.05, 0) is 6.08 Å². The lowest BCUT2D eigenvalue weighted by Gasteiger charge is -2.04. The van der Waals surface area contributed by atoms with Crippen LogP contribution in [0.1, 0.15) is 6.42 Å². The van der Waals surface area contributed by atoms with E-state index in [2.05, 4.69) is 0 Å². The number of hydroxylamine groups is 2. The summed E-state index contributed by atoms with van der Waals surface area (Å²) in [4.78, 5) is 10.6. The van der Waals surface area contributed by atoms with Gasteiger partial charge in [0.25, 0.3) is 5.91 Å². The van der Waals surface area contributed by atoms with Crippen LogP contribution in [0.4, 0.5) is 0 Å². The lowest BCUT2D eigenvalue weighted by atomic mass is 10.4. The lowest BCUT2D eigenvalue weighted by Crippen LogP contribution is -2.19. The highest BCUT2D eigenvalue weighted by Crippen LogP contribution is 1.97. The van der Waals surface area contributed by atoms with Gasteiger partial charge in [0.1, 0.15) is 0 Å². The van der Waals surface area contributed by atoms with Crippen LogP contribution < -0.4 is 0 Å². The first-order chi connectivity index (χ1) is 4.30. The second kappa shape index (κ2) is 2.46. The van der Waals surface area contributed by atoms with Gasteiger partial charge < -0.3 is 0 Å². The molecule has 0 saturated carbocycles. The standard InChI is InChI=1S/C6H7NO2/c8-6-4-2-1-3-5-7(6)9/h1-3,5,9H,4H2. The molecule has 1 amide bonds. The van der Waals surface area contributed by atoms with Crippen LogP contribution in [0.5, 0.6) is 0 Å². The van der Waals surface area contributed by atoms with Gasteiger partial charge in [0.2, 0.25) is 0 Å².